The smallest absolute Gasteiger partial charge is 0.162 e. The van der Waals surface area contributed by atoms with E-state index in [1.807, 2.05) is 36.4 Å². The highest BCUT2D eigenvalue weighted by atomic mass is 79.9. The first kappa shape index (κ1) is 20.6. The van der Waals surface area contributed by atoms with Crippen molar-refractivity contribution in [1.82, 2.24) is 5.32 Å². The van der Waals surface area contributed by atoms with E-state index in [0.29, 0.717) is 36.2 Å². The van der Waals surface area contributed by atoms with Gasteiger partial charge in [0.25, 0.3) is 0 Å². The van der Waals surface area contributed by atoms with Gasteiger partial charge in [0.1, 0.15) is 12.4 Å². The van der Waals surface area contributed by atoms with Crippen molar-refractivity contribution >= 4 is 27.5 Å². The van der Waals surface area contributed by atoms with Crippen LogP contribution in [0.1, 0.15) is 16.7 Å². The Kier molecular flexibility index (Phi) is 7.31. The van der Waals surface area contributed by atoms with Gasteiger partial charge in [-0.15, -0.1) is 0 Å². The molecule has 0 fully saturated rings. The van der Waals surface area contributed by atoms with Crippen molar-refractivity contribution in [2.24, 2.45) is 0 Å². The Hall–Kier alpha value is -2.08. The highest BCUT2D eigenvalue weighted by Gasteiger charge is 2.11. The minimum absolute atomic E-state index is 0.231. The summed E-state index contributed by atoms with van der Waals surface area (Å²) in [6, 6.07) is 17.8. The van der Waals surface area contributed by atoms with Crippen molar-refractivity contribution in [1.29, 1.82) is 0 Å². The number of hydrogen-bond donors (Lipinski definition) is 1. The van der Waals surface area contributed by atoms with Gasteiger partial charge in [-0.1, -0.05) is 51.8 Å². The first-order valence-electron chi connectivity index (χ1n) is 8.74. The number of rotatable bonds is 8. The van der Waals surface area contributed by atoms with E-state index in [9.17, 15) is 4.39 Å². The number of nitrogens with one attached hydrogen (secondary N) is 1. The molecule has 28 heavy (non-hydrogen) atoms. The number of hydrogen-bond acceptors (Lipinski definition) is 3. The number of benzene rings is 3. The Morgan fingerprint density at radius 3 is 2.29 bits per heavy atom. The van der Waals surface area contributed by atoms with Gasteiger partial charge in [-0.3, -0.25) is 0 Å². The Morgan fingerprint density at radius 2 is 1.61 bits per heavy atom. The van der Waals surface area contributed by atoms with Gasteiger partial charge in [0.05, 0.1) is 7.11 Å². The maximum absolute atomic E-state index is 13.0. The van der Waals surface area contributed by atoms with Crippen molar-refractivity contribution in [3.05, 3.63) is 92.7 Å². The molecule has 146 valence electrons. The Balaban J connectivity index is 1.63. The zero-order valence-corrected chi connectivity index (χ0v) is 17.7. The Labute approximate surface area is 177 Å². The van der Waals surface area contributed by atoms with Crippen LogP contribution in [0.2, 0.25) is 5.02 Å². The second kappa shape index (κ2) is 9.92. The fraction of sp³-hybridized carbons (Fsp3) is 0.182. The molecule has 0 heterocycles. The molecule has 3 rings (SSSR count). The van der Waals surface area contributed by atoms with Crippen molar-refractivity contribution in [3.63, 3.8) is 0 Å². The van der Waals surface area contributed by atoms with Crippen LogP contribution in [-0.4, -0.2) is 7.11 Å². The number of halogens is 3. The van der Waals surface area contributed by atoms with E-state index in [-0.39, 0.29) is 5.82 Å². The zero-order valence-electron chi connectivity index (χ0n) is 15.3. The van der Waals surface area contributed by atoms with Gasteiger partial charge in [-0.05, 0) is 53.1 Å². The van der Waals surface area contributed by atoms with E-state index in [1.54, 1.807) is 19.2 Å². The predicted octanol–water partition coefficient (Wildman–Crippen LogP) is 6.12. The molecular formula is C22H20BrClFNO2. The summed E-state index contributed by atoms with van der Waals surface area (Å²) in [5.41, 5.74) is 3.08. The largest absolute Gasteiger partial charge is 0.493 e. The van der Waals surface area contributed by atoms with Crippen LogP contribution in [0, 0.1) is 5.82 Å². The molecule has 0 saturated heterocycles. The highest BCUT2D eigenvalue weighted by Crippen LogP contribution is 2.34. The first-order valence-corrected chi connectivity index (χ1v) is 9.91. The van der Waals surface area contributed by atoms with Crippen molar-refractivity contribution in [3.8, 4) is 11.5 Å². The van der Waals surface area contributed by atoms with Gasteiger partial charge in [0, 0.05) is 22.6 Å². The molecule has 6 heteroatoms. The molecule has 0 atom stereocenters. The van der Waals surface area contributed by atoms with Crippen LogP contribution in [-0.2, 0) is 19.7 Å². The standard InChI is InChI=1S/C22H20BrClFNO2/c1-27-21-10-17(13-26-12-15-4-8-19(25)9-5-15)20(23)11-22(21)28-14-16-2-6-18(24)7-3-16/h2-11,26H,12-14H2,1H3. The molecule has 3 aromatic carbocycles. The summed E-state index contributed by atoms with van der Waals surface area (Å²) in [5.74, 6) is 1.09. The van der Waals surface area contributed by atoms with E-state index >= 15 is 0 Å². The summed E-state index contributed by atoms with van der Waals surface area (Å²) < 4.78 is 25.3. The summed E-state index contributed by atoms with van der Waals surface area (Å²) in [5, 5.41) is 4.05. The minimum Gasteiger partial charge on any atom is -0.493 e. The molecule has 0 aliphatic rings. The minimum atomic E-state index is -0.231. The van der Waals surface area contributed by atoms with E-state index in [4.69, 9.17) is 21.1 Å². The zero-order chi connectivity index (χ0) is 19.9. The van der Waals surface area contributed by atoms with Gasteiger partial charge < -0.3 is 14.8 Å². The second-order valence-corrected chi connectivity index (χ2v) is 7.53. The first-order chi connectivity index (χ1) is 13.5. The SMILES string of the molecule is COc1cc(CNCc2ccc(F)cc2)c(Br)cc1OCc1ccc(Cl)cc1. The predicted molar refractivity (Wildman–Crippen MR) is 113 cm³/mol. The molecule has 0 spiro atoms. The third-order valence-electron chi connectivity index (χ3n) is 4.20. The molecule has 0 radical (unpaired) electrons. The van der Waals surface area contributed by atoms with Crippen LogP contribution in [0.3, 0.4) is 0 Å². The van der Waals surface area contributed by atoms with Crippen LogP contribution in [0.5, 0.6) is 11.5 Å². The fourth-order valence-electron chi connectivity index (χ4n) is 2.67. The monoisotopic (exact) mass is 463 g/mol. The quantitative estimate of drug-likeness (QED) is 0.436. The number of ether oxygens (including phenoxy) is 2. The molecule has 0 aliphatic heterocycles. The molecule has 0 unspecified atom stereocenters. The lowest BCUT2D eigenvalue weighted by Crippen LogP contribution is -2.13. The lowest BCUT2D eigenvalue weighted by molar-refractivity contribution is 0.284. The summed E-state index contributed by atoms with van der Waals surface area (Å²) in [6.45, 7) is 1.69. The van der Waals surface area contributed by atoms with Gasteiger partial charge in [-0.2, -0.15) is 0 Å². The summed E-state index contributed by atoms with van der Waals surface area (Å²) in [7, 11) is 1.62. The van der Waals surface area contributed by atoms with Crippen molar-refractivity contribution in [2.45, 2.75) is 19.7 Å². The highest BCUT2D eigenvalue weighted by molar-refractivity contribution is 9.10. The van der Waals surface area contributed by atoms with Gasteiger partial charge in [0.2, 0.25) is 0 Å². The van der Waals surface area contributed by atoms with Crippen LogP contribution in [0.25, 0.3) is 0 Å². The Morgan fingerprint density at radius 1 is 0.929 bits per heavy atom. The lowest BCUT2D eigenvalue weighted by Gasteiger charge is -2.15. The van der Waals surface area contributed by atoms with Crippen LogP contribution < -0.4 is 14.8 Å². The van der Waals surface area contributed by atoms with Crippen molar-refractivity contribution < 1.29 is 13.9 Å². The molecule has 0 amide bonds. The van der Waals surface area contributed by atoms with Crippen LogP contribution in [0.15, 0.2) is 65.1 Å². The molecule has 0 aliphatic carbocycles. The van der Waals surface area contributed by atoms with Crippen LogP contribution >= 0.6 is 27.5 Å². The normalized spacial score (nSPS) is 10.7. The molecule has 3 aromatic rings. The van der Waals surface area contributed by atoms with Crippen LogP contribution in [0.4, 0.5) is 4.39 Å². The van der Waals surface area contributed by atoms with E-state index in [1.165, 1.54) is 12.1 Å². The third kappa shape index (κ3) is 5.71. The summed E-state index contributed by atoms with van der Waals surface area (Å²) in [4.78, 5) is 0. The molecule has 0 bridgehead atoms. The van der Waals surface area contributed by atoms with Gasteiger partial charge in [0.15, 0.2) is 11.5 Å². The molecule has 0 aromatic heterocycles. The average Bonchev–Trinajstić information content (AvgIpc) is 2.70. The Bertz CT molecular complexity index is 917. The topological polar surface area (TPSA) is 30.5 Å². The third-order valence-corrected chi connectivity index (χ3v) is 5.19. The maximum Gasteiger partial charge on any atom is 0.162 e. The average molecular weight is 465 g/mol. The lowest BCUT2D eigenvalue weighted by atomic mass is 10.1. The summed E-state index contributed by atoms with van der Waals surface area (Å²) >= 11 is 9.51. The van der Waals surface area contributed by atoms with Gasteiger partial charge in [-0.25, -0.2) is 4.39 Å². The van der Waals surface area contributed by atoms with Gasteiger partial charge >= 0.3 is 0 Å². The molecular weight excluding hydrogens is 445 g/mol. The van der Waals surface area contributed by atoms with E-state index in [2.05, 4.69) is 21.2 Å². The number of methoxy groups -OCH3 is 1. The van der Waals surface area contributed by atoms with E-state index in [0.717, 1.165) is 21.2 Å². The van der Waals surface area contributed by atoms with Crippen molar-refractivity contribution in [2.75, 3.05) is 7.11 Å². The summed E-state index contributed by atoms with van der Waals surface area (Å²) in [6.07, 6.45) is 0. The van der Waals surface area contributed by atoms with E-state index < -0.39 is 0 Å². The second-order valence-electron chi connectivity index (χ2n) is 6.24. The maximum atomic E-state index is 13.0. The molecule has 0 saturated carbocycles. The molecule has 1 N–H and O–H groups in total. The molecule has 3 nitrogen and oxygen atoms in total. The fourth-order valence-corrected chi connectivity index (χ4v) is 3.26.